The lowest BCUT2D eigenvalue weighted by Gasteiger charge is -2.09. The molecule has 122 valence electrons. The number of benzene rings is 2. The molecule has 0 aliphatic rings. The molecule has 0 aromatic heterocycles. The molecule has 23 heavy (non-hydrogen) atoms. The molecule has 2 rings (SSSR count). The Labute approximate surface area is 142 Å². The molecule has 0 fully saturated rings. The predicted octanol–water partition coefficient (Wildman–Crippen LogP) is 2.75. The Bertz CT molecular complexity index is 820. The van der Waals surface area contributed by atoms with Gasteiger partial charge < -0.3 is 10.1 Å². The van der Waals surface area contributed by atoms with Crippen LogP contribution in [0.3, 0.4) is 0 Å². The van der Waals surface area contributed by atoms with Crippen molar-refractivity contribution in [3.63, 3.8) is 0 Å². The molecule has 0 saturated carbocycles. The highest BCUT2D eigenvalue weighted by atomic mass is 79.9. The van der Waals surface area contributed by atoms with Crippen molar-refractivity contribution in [2.45, 2.75) is 11.8 Å². The van der Waals surface area contributed by atoms with Gasteiger partial charge in [0.25, 0.3) is 5.91 Å². The molecule has 0 aliphatic carbocycles. The van der Waals surface area contributed by atoms with Crippen molar-refractivity contribution in [2.75, 3.05) is 11.9 Å². The van der Waals surface area contributed by atoms with Gasteiger partial charge in [0.1, 0.15) is 5.75 Å². The fraction of sp³-hybridized carbons (Fsp3) is 0.133. The number of hydrogen-bond donors (Lipinski definition) is 2. The average molecular weight is 399 g/mol. The first kappa shape index (κ1) is 17.5. The highest BCUT2D eigenvalue weighted by molar-refractivity contribution is 9.10. The summed E-state index contributed by atoms with van der Waals surface area (Å²) in [5.41, 5.74) is 0.906. The molecule has 0 saturated heterocycles. The summed E-state index contributed by atoms with van der Waals surface area (Å²) in [6.07, 6.45) is 0. The van der Waals surface area contributed by atoms with E-state index in [4.69, 9.17) is 9.88 Å². The van der Waals surface area contributed by atoms with Crippen LogP contribution in [0.5, 0.6) is 5.75 Å². The Balaban J connectivity index is 2.14. The Kier molecular flexibility index (Phi) is 5.40. The zero-order valence-electron chi connectivity index (χ0n) is 12.2. The lowest BCUT2D eigenvalue weighted by atomic mass is 10.2. The fourth-order valence-electron chi connectivity index (χ4n) is 1.85. The van der Waals surface area contributed by atoms with E-state index in [1.54, 1.807) is 18.2 Å². The minimum Gasteiger partial charge on any atom is -0.493 e. The minimum absolute atomic E-state index is 0.0145. The smallest absolute Gasteiger partial charge is 0.255 e. The quantitative estimate of drug-likeness (QED) is 0.808. The van der Waals surface area contributed by atoms with E-state index in [0.29, 0.717) is 28.1 Å². The van der Waals surface area contributed by atoms with Gasteiger partial charge in [-0.3, -0.25) is 4.79 Å². The number of amides is 1. The largest absolute Gasteiger partial charge is 0.493 e. The van der Waals surface area contributed by atoms with Gasteiger partial charge in [-0.2, -0.15) is 0 Å². The van der Waals surface area contributed by atoms with Crippen LogP contribution in [0.15, 0.2) is 51.8 Å². The maximum absolute atomic E-state index is 12.2. The number of halogens is 1. The number of rotatable bonds is 5. The molecule has 2 aromatic carbocycles. The molecule has 6 nitrogen and oxygen atoms in total. The zero-order chi connectivity index (χ0) is 17.0. The second-order valence-corrected chi connectivity index (χ2v) is 7.02. The minimum atomic E-state index is -3.75. The van der Waals surface area contributed by atoms with Crippen molar-refractivity contribution in [3.8, 4) is 5.75 Å². The predicted molar refractivity (Wildman–Crippen MR) is 91.1 cm³/mol. The lowest BCUT2D eigenvalue weighted by Crippen LogP contribution is -2.14. The van der Waals surface area contributed by atoms with Crippen molar-refractivity contribution < 1.29 is 17.9 Å². The van der Waals surface area contributed by atoms with Gasteiger partial charge in [0.2, 0.25) is 10.0 Å². The van der Waals surface area contributed by atoms with Gasteiger partial charge in [-0.05, 0) is 65.3 Å². The normalized spacial score (nSPS) is 11.1. The third-order valence-electron chi connectivity index (χ3n) is 2.93. The second kappa shape index (κ2) is 7.12. The number of anilines is 1. The molecule has 8 heteroatoms. The highest BCUT2D eigenvalue weighted by Gasteiger charge is 2.11. The van der Waals surface area contributed by atoms with Crippen LogP contribution in [-0.2, 0) is 10.0 Å². The molecule has 0 bridgehead atoms. The highest BCUT2D eigenvalue weighted by Crippen LogP contribution is 2.26. The number of sulfonamides is 1. The Morgan fingerprint density at radius 3 is 2.39 bits per heavy atom. The summed E-state index contributed by atoms with van der Waals surface area (Å²) in [5, 5.41) is 7.70. The third-order valence-corrected chi connectivity index (χ3v) is 4.48. The summed E-state index contributed by atoms with van der Waals surface area (Å²) in [6, 6.07) is 10.6. The molecule has 1 amide bonds. The van der Waals surface area contributed by atoms with E-state index in [1.807, 2.05) is 6.92 Å². The number of nitrogens with two attached hydrogens (primary N) is 1. The van der Waals surface area contributed by atoms with Gasteiger partial charge in [-0.1, -0.05) is 0 Å². The van der Waals surface area contributed by atoms with Crippen molar-refractivity contribution in [2.24, 2.45) is 5.14 Å². The first-order valence-corrected chi connectivity index (χ1v) is 9.01. The monoisotopic (exact) mass is 398 g/mol. The number of nitrogens with one attached hydrogen (secondary N) is 1. The Hall–Kier alpha value is -1.90. The molecule has 2 aromatic rings. The van der Waals surface area contributed by atoms with Crippen LogP contribution >= 0.6 is 15.9 Å². The average Bonchev–Trinajstić information content (AvgIpc) is 2.49. The van der Waals surface area contributed by atoms with Crippen LogP contribution in [-0.4, -0.2) is 20.9 Å². The SMILES string of the molecule is CCOc1ccc(C(=O)Nc2ccc(S(N)(=O)=O)cc2)cc1Br. The maximum atomic E-state index is 12.2. The molecule has 0 spiro atoms. The summed E-state index contributed by atoms with van der Waals surface area (Å²) in [4.78, 5) is 12.2. The van der Waals surface area contributed by atoms with Crippen LogP contribution in [0.4, 0.5) is 5.69 Å². The summed E-state index contributed by atoms with van der Waals surface area (Å²) in [7, 11) is -3.75. The van der Waals surface area contributed by atoms with Crippen molar-refractivity contribution in [1.82, 2.24) is 0 Å². The first-order chi connectivity index (χ1) is 10.8. The number of hydrogen-bond acceptors (Lipinski definition) is 4. The van der Waals surface area contributed by atoms with E-state index in [9.17, 15) is 13.2 Å². The van der Waals surface area contributed by atoms with E-state index in [2.05, 4.69) is 21.2 Å². The van der Waals surface area contributed by atoms with Crippen molar-refractivity contribution >= 4 is 37.5 Å². The van der Waals surface area contributed by atoms with Crippen molar-refractivity contribution in [3.05, 3.63) is 52.5 Å². The molecule has 0 radical (unpaired) electrons. The number of carbonyl (C=O) groups excluding carboxylic acids is 1. The van der Waals surface area contributed by atoms with Gasteiger partial charge in [0, 0.05) is 11.3 Å². The number of ether oxygens (including phenoxy) is 1. The summed E-state index contributed by atoms with van der Waals surface area (Å²) >= 11 is 3.35. The van der Waals surface area contributed by atoms with Crippen LogP contribution in [0.2, 0.25) is 0 Å². The summed E-state index contributed by atoms with van der Waals surface area (Å²) in [6.45, 7) is 2.40. The second-order valence-electron chi connectivity index (χ2n) is 4.60. The molecule has 3 N–H and O–H groups in total. The number of primary sulfonamides is 1. The molecule has 0 unspecified atom stereocenters. The Morgan fingerprint density at radius 2 is 1.87 bits per heavy atom. The Morgan fingerprint density at radius 1 is 1.22 bits per heavy atom. The zero-order valence-corrected chi connectivity index (χ0v) is 14.6. The molecule has 0 heterocycles. The van der Waals surface area contributed by atoms with E-state index in [-0.39, 0.29) is 10.8 Å². The van der Waals surface area contributed by atoms with Gasteiger partial charge >= 0.3 is 0 Å². The van der Waals surface area contributed by atoms with Gasteiger partial charge in [-0.15, -0.1) is 0 Å². The van der Waals surface area contributed by atoms with E-state index in [1.165, 1.54) is 24.3 Å². The van der Waals surface area contributed by atoms with Crippen LogP contribution < -0.4 is 15.2 Å². The molecule has 0 atom stereocenters. The molecule has 0 aliphatic heterocycles. The standard InChI is InChI=1S/C15H15BrN2O4S/c1-2-22-14-8-3-10(9-13(14)16)15(19)18-11-4-6-12(7-5-11)23(17,20)21/h3-9H,2H2,1H3,(H,18,19)(H2,17,20,21). The van der Waals surface area contributed by atoms with Gasteiger partial charge in [0.05, 0.1) is 16.0 Å². The summed E-state index contributed by atoms with van der Waals surface area (Å²) < 4.78 is 28.4. The molecular weight excluding hydrogens is 384 g/mol. The topological polar surface area (TPSA) is 98.5 Å². The lowest BCUT2D eigenvalue weighted by molar-refractivity contribution is 0.102. The van der Waals surface area contributed by atoms with E-state index >= 15 is 0 Å². The molecular formula is C15H15BrN2O4S. The first-order valence-electron chi connectivity index (χ1n) is 6.68. The third kappa shape index (κ3) is 4.54. The van der Waals surface area contributed by atoms with Crippen molar-refractivity contribution in [1.29, 1.82) is 0 Å². The van der Waals surface area contributed by atoms with Gasteiger partial charge in [0.15, 0.2) is 0 Å². The summed E-state index contributed by atoms with van der Waals surface area (Å²) in [5.74, 6) is 0.332. The van der Waals surface area contributed by atoms with Crippen LogP contribution in [0.25, 0.3) is 0 Å². The van der Waals surface area contributed by atoms with Gasteiger partial charge in [-0.25, -0.2) is 13.6 Å². The van der Waals surface area contributed by atoms with E-state index in [0.717, 1.165) is 0 Å². The van der Waals surface area contributed by atoms with E-state index < -0.39 is 10.0 Å². The van der Waals surface area contributed by atoms with Crippen LogP contribution in [0.1, 0.15) is 17.3 Å². The fourth-order valence-corrected chi connectivity index (χ4v) is 2.85. The maximum Gasteiger partial charge on any atom is 0.255 e. The van der Waals surface area contributed by atoms with Crippen LogP contribution in [0, 0.1) is 0 Å². The number of carbonyl (C=O) groups is 1.